The van der Waals surface area contributed by atoms with E-state index in [1.807, 2.05) is 12.1 Å². The van der Waals surface area contributed by atoms with Gasteiger partial charge in [0.1, 0.15) is 0 Å². The zero-order chi connectivity index (χ0) is 18.3. The molecule has 2 nitrogen and oxygen atoms in total. The number of carbonyl (C=O) groups is 1. The van der Waals surface area contributed by atoms with Crippen LogP contribution in [0.2, 0.25) is 0 Å². The van der Waals surface area contributed by atoms with Crippen LogP contribution in [0.25, 0.3) is 16.7 Å². The van der Waals surface area contributed by atoms with E-state index in [-0.39, 0.29) is 5.41 Å². The van der Waals surface area contributed by atoms with Gasteiger partial charge in [-0.25, -0.2) is 4.79 Å². The van der Waals surface area contributed by atoms with E-state index in [0.29, 0.717) is 5.56 Å². The summed E-state index contributed by atoms with van der Waals surface area (Å²) in [5, 5.41) is 11.2. The van der Waals surface area contributed by atoms with E-state index < -0.39 is 5.97 Å². The second kappa shape index (κ2) is 6.26. The molecule has 1 aromatic heterocycles. The molecule has 0 atom stereocenters. The summed E-state index contributed by atoms with van der Waals surface area (Å²) in [5.74, 6) is -0.897. The Morgan fingerprint density at radius 3 is 2.42 bits per heavy atom. The van der Waals surface area contributed by atoms with E-state index >= 15 is 0 Å². The molecule has 1 aliphatic rings. The number of hydrogen-bond acceptors (Lipinski definition) is 2. The standard InChI is InChI=1S/C23H20O2S/c1-23(2)12-11-18(21-4-3-13-26-21)19-14-17(9-10-20(19)23)15-5-7-16(8-6-15)22(24)25/h3-11,13-14H,12H2,1-2H3,(H,24,25). The number of allylic oxidation sites excluding steroid dienone is 1. The lowest BCUT2D eigenvalue weighted by Gasteiger charge is -2.32. The summed E-state index contributed by atoms with van der Waals surface area (Å²) in [7, 11) is 0. The zero-order valence-electron chi connectivity index (χ0n) is 14.8. The first-order valence-electron chi connectivity index (χ1n) is 8.68. The topological polar surface area (TPSA) is 37.3 Å². The Kier molecular flexibility index (Phi) is 4.04. The van der Waals surface area contributed by atoms with Crippen LogP contribution in [0, 0.1) is 0 Å². The van der Waals surface area contributed by atoms with Gasteiger partial charge in [0.25, 0.3) is 0 Å². The van der Waals surface area contributed by atoms with Gasteiger partial charge >= 0.3 is 5.97 Å². The second-order valence-electron chi connectivity index (χ2n) is 7.33. The van der Waals surface area contributed by atoms with E-state index in [9.17, 15) is 4.79 Å². The molecule has 130 valence electrons. The number of carboxylic acids is 1. The fraction of sp³-hybridized carbons (Fsp3) is 0.174. The van der Waals surface area contributed by atoms with Crippen LogP contribution in [-0.4, -0.2) is 11.1 Å². The van der Waals surface area contributed by atoms with Crippen LogP contribution in [0.3, 0.4) is 0 Å². The van der Waals surface area contributed by atoms with Crippen LogP contribution < -0.4 is 0 Å². The fourth-order valence-electron chi connectivity index (χ4n) is 3.58. The van der Waals surface area contributed by atoms with Crippen molar-refractivity contribution in [2.24, 2.45) is 0 Å². The fourth-order valence-corrected chi connectivity index (χ4v) is 4.37. The molecular weight excluding hydrogens is 340 g/mol. The van der Waals surface area contributed by atoms with Crippen molar-refractivity contribution in [1.29, 1.82) is 0 Å². The van der Waals surface area contributed by atoms with Crippen LogP contribution in [0.4, 0.5) is 0 Å². The van der Waals surface area contributed by atoms with Gasteiger partial charge in [0.05, 0.1) is 5.56 Å². The number of rotatable bonds is 3. The Bertz CT molecular complexity index is 993. The molecule has 0 bridgehead atoms. The molecule has 3 aromatic rings. The largest absolute Gasteiger partial charge is 0.478 e. The number of thiophene rings is 1. The predicted molar refractivity (Wildman–Crippen MR) is 108 cm³/mol. The molecule has 2 aromatic carbocycles. The molecule has 0 aliphatic heterocycles. The van der Waals surface area contributed by atoms with E-state index in [0.717, 1.165) is 17.5 Å². The van der Waals surface area contributed by atoms with Gasteiger partial charge in [0.2, 0.25) is 0 Å². The van der Waals surface area contributed by atoms with Crippen LogP contribution >= 0.6 is 11.3 Å². The van der Waals surface area contributed by atoms with Crippen LogP contribution in [0.5, 0.6) is 0 Å². The molecule has 0 radical (unpaired) electrons. The van der Waals surface area contributed by atoms with E-state index in [1.165, 1.54) is 21.6 Å². The van der Waals surface area contributed by atoms with Crippen molar-refractivity contribution < 1.29 is 9.90 Å². The quantitative estimate of drug-likeness (QED) is 0.601. The van der Waals surface area contributed by atoms with E-state index in [2.05, 4.69) is 55.6 Å². The van der Waals surface area contributed by atoms with Gasteiger partial charge in [-0.15, -0.1) is 11.3 Å². The van der Waals surface area contributed by atoms with Gasteiger partial charge < -0.3 is 5.11 Å². The highest BCUT2D eigenvalue weighted by atomic mass is 32.1. The van der Waals surface area contributed by atoms with Gasteiger partial charge in [-0.1, -0.05) is 50.3 Å². The lowest BCUT2D eigenvalue weighted by atomic mass is 9.72. The maximum Gasteiger partial charge on any atom is 0.335 e. The Morgan fingerprint density at radius 2 is 1.77 bits per heavy atom. The third-order valence-corrected chi connectivity index (χ3v) is 6.01. The molecule has 0 fully saturated rings. The molecular formula is C23H20O2S. The third-order valence-electron chi connectivity index (χ3n) is 5.11. The molecule has 1 N–H and O–H groups in total. The highest BCUT2D eigenvalue weighted by Crippen LogP contribution is 2.43. The molecule has 4 rings (SSSR count). The molecule has 26 heavy (non-hydrogen) atoms. The highest BCUT2D eigenvalue weighted by molar-refractivity contribution is 7.11. The third kappa shape index (κ3) is 2.89. The normalized spacial score (nSPS) is 15.2. The summed E-state index contributed by atoms with van der Waals surface area (Å²) in [5.41, 5.74) is 6.53. The summed E-state index contributed by atoms with van der Waals surface area (Å²) in [6.45, 7) is 4.57. The average Bonchev–Trinajstić information content (AvgIpc) is 3.16. The summed E-state index contributed by atoms with van der Waals surface area (Å²) in [6.07, 6.45) is 3.38. The van der Waals surface area contributed by atoms with Crippen molar-refractivity contribution in [1.82, 2.24) is 0 Å². The molecule has 0 saturated carbocycles. The Hall–Kier alpha value is -2.65. The second-order valence-corrected chi connectivity index (χ2v) is 8.27. The number of carboxylic acid groups (broad SMARTS) is 1. The average molecular weight is 360 g/mol. The maximum atomic E-state index is 11.1. The molecule has 0 spiro atoms. The predicted octanol–water partition coefficient (Wildman–Crippen LogP) is 6.23. The minimum absolute atomic E-state index is 0.113. The molecule has 0 unspecified atom stereocenters. The maximum absolute atomic E-state index is 11.1. The van der Waals surface area contributed by atoms with Crippen molar-refractivity contribution in [2.45, 2.75) is 25.7 Å². The first-order chi connectivity index (χ1) is 12.5. The lowest BCUT2D eigenvalue weighted by Crippen LogP contribution is -2.21. The van der Waals surface area contributed by atoms with Crippen molar-refractivity contribution in [3.63, 3.8) is 0 Å². The van der Waals surface area contributed by atoms with Crippen molar-refractivity contribution in [2.75, 3.05) is 0 Å². The highest BCUT2D eigenvalue weighted by Gasteiger charge is 2.29. The molecule has 1 aliphatic carbocycles. The monoisotopic (exact) mass is 360 g/mol. The Balaban J connectivity index is 1.83. The van der Waals surface area contributed by atoms with Crippen LogP contribution in [-0.2, 0) is 5.41 Å². The van der Waals surface area contributed by atoms with E-state index in [4.69, 9.17) is 5.11 Å². The van der Waals surface area contributed by atoms with Gasteiger partial charge in [-0.2, -0.15) is 0 Å². The molecule has 0 saturated heterocycles. The minimum Gasteiger partial charge on any atom is -0.478 e. The van der Waals surface area contributed by atoms with Crippen molar-refractivity contribution in [3.05, 3.63) is 87.6 Å². The Morgan fingerprint density at radius 1 is 1.04 bits per heavy atom. The summed E-state index contributed by atoms with van der Waals surface area (Å²) < 4.78 is 0. The SMILES string of the molecule is CC1(C)CC=C(c2cccs2)c2cc(-c3ccc(C(=O)O)cc3)ccc21. The van der Waals surface area contributed by atoms with Gasteiger partial charge in [0, 0.05) is 4.88 Å². The summed E-state index contributed by atoms with van der Waals surface area (Å²) in [4.78, 5) is 12.4. The van der Waals surface area contributed by atoms with Crippen LogP contribution in [0.15, 0.2) is 66.1 Å². The van der Waals surface area contributed by atoms with Gasteiger partial charge in [-0.3, -0.25) is 0 Å². The number of benzene rings is 2. The van der Waals surface area contributed by atoms with Gasteiger partial charge in [-0.05, 0) is 69.3 Å². The van der Waals surface area contributed by atoms with E-state index in [1.54, 1.807) is 23.5 Å². The molecule has 1 heterocycles. The van der Waals surface area contributed by atoms with Crippen LogP contribution in [0.1, 0.15) is 46.6 Å². The lowest BCUT2D eigenvalue weighted by molar-refractivity contribution is 0.0697. The van der Waals surface area contributed by atoms with Crippen molar-refractivity contribution >= 4 is 22.9 Å². The molecule has 3 heteroatoms. The first-order valence-corrected chi connectivity index (χ1v) is 9.56. The summed E-state index contributed by atoms with van der Waals surface area (Å²) >= 11 is 1.77. The van der Waals surface area contributed by atoms with Gasteiger partial charge in [0.15, 0.2) is 0 Å². The smallest absolute Gasteiger partial charge is 0.335 e. The summed E-state index contributed by atoms with van der Waals surface area (Å²) in [6, 6.07) is 18.0. The number of hydrogen-bond donors (Lipinski definition) is 1. The molecule has 0 amide bonds. The Labute approximate surface area is 157 Å². The number of aromatic carboxylic acids is 1. The van der Waals surface area contributed by atoms with Crippen molar-refractivity contribution in [3.8, 4) is 11.1 Å². The first kappa shape index (κ1) is 16.8. The minimum atomic E-state index is -0.897. The number of fused-ring (bicyclic) bond motifs is 1. The zero-order valence-corrected chi connectivity index (χ0v) is 15.6.